The molecule has 0 aliphatic heterocycles. The van der Waals surface area contributed by atoms with E-state index in [0.29, 0.717) is 22.1 Å². The highest BCUT2D eigenvalue weighted by atomic mass is 35.5. The molecule has 0 radical (unpaired) electrons. The molecule has 98 valence electrons. The standard InChI is InChI=1S/C15H13ClO3/c1-10-6-7-13(11(8-10)9-15(17)18)19-14-5-3-2-4-12(14)16/h2-8H,9H2,1H3,(H,17,18). The molecule has 19 heavy (non-hydrogen) atoms. The second-order valence-corrected chi connectivity index (χ2v) is 4.62. The fourth-order valence-electron chi connectivity index (χ4n) is 1.75. The van der Waals surface area contributed by atoms with Crippen molar-refractivity contribution in [3.63, 3.8) is 0 Å². The maximum Gasteiger partial charge on any atom is 0.307 e. The van der Waals surface area contributed by atoms with E-state index in [9.17, 15) is 4.79 Å². The molecule has 2 aromatic carbocycles. The molecule has 2 rings (SSSR count). The lowest BCUT2D eigenvalue weighted by Crippen LogP contribution is -2.02. The van der Waals surface area contributed by atoms with Crippen molar-refractivity contribution in [2.45, 2.75) is 13.3 Å². The zero-order valence-electron chi connectivity index (χ0n) is 10.4. The number of aliphatic carboxylic acids is 1. The van der Waals surface area contributed by atoms with Gasteiger partial charge < -0.3 is 9.84 Å². The van der Waals surface area contributed by atoms with E-state index in [2.05, 4.69) is 0 Å². The SMILES string of the molecule is Cc1ccc(Oc2ccccc2Cl)c(CC(=O)O)c1. The highest BCUT2D eigenvalue weighted by molar-refractivity contribution is 6.32. The summed E-state index contributed by atoms with van der Waals surface area (Å²) in [5.74, 6) is 0.135. The van der Waals surface area contributed by atoms with Crippen LogP contribution in [-0.2, 0) is 11.2 Å². The van der Waals surface area contributed by atoms with Crippen LogP contribution < -0.4 is 4.74 Å². The molecule has 0 saturated carbocycles. The molecule has 0 saturated heterocycles. The van der Waals surface area contributed by atoms with Crippen molar-refractivity contribution >= 4 is 17.6 Å². The number of rotatable bonds is 4. The highest BCUT2D eigenvalue weighted by Crippen LogP contribution is 2.31. The maximum atomic E-state index is 10.9. The maximum absolute atomic E-state index is 10.9. The first-order valence-corrected chi connectivity index (χ1v) is 6.18. The third-order valence-corrected chi connectivity index (χ3v) is 2.93. The lowest BCUT2D eigenvalue weighted by atomic mass is 10.1. The predicted octanol–water partition coefficient (Wildman–Crippen LogP) is 4.07. The number of carboxylic acids is 1. The van der Waals surface area contributed by atoms with Crippen LogP contribution in [0.4, 0.5) is 0 Å². The van der Waals surface area contributed by atoms with Crippen LogP contribution in [0.5, 0.6) is 11.5 Å². The number of benzene rings is 2. The molecule has 0 atom stereocenters. The van der Waals surface area contributed by atoms with Gasteiger partial charge in [-0.05, 0) is 25.1 Å². The summed E-state index contributed by atoms with van der Waals surface area (Å²) >= 11 is 6.02. The topological polar surface area (TPSA) is 46.5 Å². The van der Waals surface area contributed by atoms with Gasteiger partial charge in [0.2, 0.25) is 0 Å². The molecular weight excluding hydrogens is 264 g/mol. The van der Waals surface area contributed by atoms with Gasteiger partial charge in [-0.25, -0.2) is 0 Å². The van der Waals surface area contributed by atoms with Crippen LogP contribution in [0.3, 0.4) is 0 Å². The average molecular weight is 277 g/mol. The van der Waals surface area contributed by atoms with Crippen LogP contribution in [0.25, 0.3) is 0 Å². The van der Waals surface area contributed by atoms with Crippen LogP contribution in [-0.4, -0.2) is 11.1 Å². The molecule has 4 heteroatoms. The Labute approximate surface area is 116 Å². The van der Waals surface area contributed by atoms with E-state index in [4.69, 9.17) is 21.4 Å². The predicted molar refractivity (Wildman–Crippen MR) is 74.0 cm³/mol. The molecule has 2 aromatic rings. The fourth-order valence-corrected chi connectivity index (χ4v) is 1.93. The van der Waals surface area contributed by atoms with Gasteiger partial charge in [-0.2, -0.15) is 0 Å². The average Bonchev–Trinajstić information content (AvgIpc) is 2.34. The number of ether oxygens (including phenoxy) is 1. The highest BCUT2D eigenvalue weighted by Gasteiger charge is 2.10. The summed E-state index contributed by atoms with van der Waals surface area (Å²) in [5.41, 5.74) is 1.62. The summed E-state index contributed by atoms with van der Waals surface area (Å²) in [6.07, 6.45) is -0.0819. The minimum atomic E-state index is -0.894. The number of halogens is 1. The lowest BCUT2D eigenvalue weighted by Gasteiger charge is -2.11. The molecular formula is C15H13ClO3. The van der Waals surface area contributed by atoms with Crippen molar-refractivity contribution in [3.8, 4) is 11.5 Å². The first-order valence-electron chi connectivity index (χ1n) is 5.80. The van der Waals surface area contributed by atoms with Gasteiger partial charge in [0.15, 0.2) is 0 Å². The number of carbonyl (C=O) groups is 1. The van der Waals surface area contributed by atoms with E-state index in [-0.39, 0.29) is 6.42 Å². The van der Waals surface area contributed by atoms with E-state index in [1.165, 1.54) is 0 Å². The van der Waals surface area contributed by atoms with Gasteiger partial charge in [0.1, 0.15) is 11.5 Å². The lowest BCUT2D eigenvalue weighted by molar-refractivity contribution is -0.136. The van der Waals surface area contributed by atoms with E-state index >= 15 is 0 Å². The molecule has 0 aromatic heterocycles. The Hall–Kier alpha value is -2.00. The van der Waals surface area contributed by atoms with Crippen LogP contribution in [0.2, 0.25) is 5.02 Å². The largest absolute Gasteiger partial charge is 0.481 e. The summed E-state index contributed by atoms with van der Waals surface area (Å²) in [6, 6.07) is 12.5. The Morgan fingerprint density at radius 1 is 1.21 bits per heavy atom. The Kier molecular flexibility index (Phi) is 4.07. The van der Waals surface area contributed by atoms with E-state index < -0.39 is 5.97 Å². The van der Waals surface area contributed by atoms with Crippen molar-refractivity contribution in [2.24, 2.45) is 0 Å². The molecule has 0 amide bonds. The van der Waals surface area contributed by atoms with Crippen LogP contribution >= 0.6 is 11.6 Å². The van der Waals surface area contributed by atoms with Crippen LogP contribution in [0.15, 0.2) is 42.5 Å². The zero-order chi connectivity index (χ0) is 13.8. The molecule has 3 nitrogen and oxygen atoms in total. The first-order chi connectivity index (χ1) is 9.06. The van der Waals surface area contributed by atoms with Crippen LogP contribution in [0, 0.1) is 6.92 Å². The summed E-state index contributed by atoms with van der Waals surface area (Å²) in [7, 11) is 0. The molecule has 0 spiro atoms. The molecule has 0 unspecified atom stereocenters. The van der Waals surface area contributed by atoms with Crippen molar-refractivity contribution in [2.75, 3.05) is 0 Å². The van der Waals surface area contributed by atoms with E-state index in [1.807, 2.05) is 25.1 Å². The van der Waals surface area contributed by atoms with E-state index in [0.717, 1.165) is 5.56 Å². The molecule has 0 fully saturated rings. The Morgan fingerprint density at radius 3 is 2.63 bits per heavy atom. The number of para-hydroxylation sites is 1. The van der Waals surface area contributed by atoms with Crippen molar-refractivity contribution in [1.82, 2.24) is 0 Å². The number of hydrogen-bond acceptors (Lipinski definition) is 2. The monoisotopic (exact) mass is 276 g/mol. The van der Waals surface area contributed by atoms with E-state index in [1.54, 1.807) is 24.3 Å². The first kappa shape index (κ1) is 13.4. The summed E-state index contributed by atoms with van der Waals surface area (Å²) < 4.78 is 5.70. The molecule has 0 bridgehead atoms. The van der Waals surface area contributed by atoms with Crippen molar-refractivity contribution in [3.05, 3.63) is 58.6 Å². The second kappa shape index (κ2) is 5.76. The normalized spacial score (nSPS) is 10.2. The minimum absolute atomic E-state index is 0.0819. The Morgan fingerprint density at radius 2 is 1.95 bits per heavy atom. The third kappa shape index (κ3) is 3.48. The molecule has 0 aliphatic carbocycles. The van der Waals surface area contributed by atoms with Crippen molar-refractivity contribution in [1.29, 1.82) is 0 Å². The quantitative estimate of drug-likeness (QED) is 0.916. The van der Waals surface area contributed by atoms with Crippen molar-refractivity contribution < 1.29 is 14.6 Å². The van der Waals surface area contributed by atoms with Gasteiger partial charge in [0.25, 0.3) is 0 Å². The summed E-state index contributed by atoms with van der Waals surface area (Å²) in [4.78, 5) is 10.9. The van der Waals surface area contributed by atoms with Crippen LogP contribution in [0.1, 0.15) is 11.1 Å². The number of carboxylic acid groups (broad SMARTS) is 1. The number of aryl methyl sites for hydroxylation is 1. The third-order valence-electron chi connectivity index (χ3n) is 2.61. The molecule has 0 aliphatic rings. The van der Waals surface area contributed by atoms with Gasteiger partial charge in [-0.3, -0.25) is 4.79 Å². The van der Waals surface area contributed by atoms with Gasteiger partial charge >= 0.3 is 5.97 Å². The summed E-state index contributed by atoms with van der Waals surface area (Å²) in [6.45, 7) is 1.91. The van der Waals surface area contributed by atoms with Gasteiger partial charge in [-0.1, -0.05) is 41.4 Å². The molecule has 1 N–H and O–H groups in total. The van der Waals surface area contributed by atoms with Gasteiger partial charge in [0, 0.05) is 5.56 Å². The summed E-state index contributed by atoms with van der Waals surface area (Å²) in [5, 5.41) is 9.41. The minimum Gasteiger partial charge on any atom is -0.481 e. The Bertz CT molecular complexity index is 608. The number of hydrogen-bond donors (Lipinski definition) is 1. The second-order valence-electron chi connectivity index (χ2n) is 4.21. The molecule has 0 heterocycles. The van der Waals surface area contributed by atoms with Gasteiger partial charge in [-0.15, -0.1) is 0 Å². The Balaban J connectivity index is 2.34. The smallest absolute Gasteiger partial charge is 0.307 e. The zero-order valence-corrected chi connectivity index (χ0v) is 11.1. The fraction of sp³-hybridized carbons (Fsp3) is 0.133. The van der Waals surface area contributed by atoms with Gasteiger partial charge in [0.05, 0.1) is 11.4 Å².